The van der Waals surface area contributed by atoms with Crippen LogP contribution in [0.2, 0.25) is 5.02 Å². The maximum atomic E-state index is 12.4. The quantitative estimate of drug-likeness (QED) is 0.804. The summed E-state index contributed by atoms with van der Waals surface area (Å²) >= 11 is 5.78. The predicted octanol–water partition coefficient (Wildman–Crippen LogP) is 3.99. The molecule has 0 unspecified atom stereocenters. The monoisotopic (exact) mass is 317 g/mol. The third-order valence-corrected chi connectivity index (χ3v) is 4.83. The molecule has 0 radical (unpaired) electrons. The van der Waals surface area contributed by atoms with Gasteiger partial charge in [0.1, 0.15) is 11.0 Å². The van der Waals surface area contributed by atoms with Gasteiger partial charge in [-0.1, -0.05) is 41.4 Å². The molecule has 0 aliphatic carbocycles. The van der Waals surface area contributed by atoms with Crippen molar-refractivity contribution in [2.24, 2.45) is 0 Å². The van der Waals surface area contributed by atoms with E-state index >= 15 is 0 Å². The summed E-state index contributed by atoms with van der Waals surface area (Å²) in [4.78, 5) is -0.191. The van der Waals surface area contributed by atoms with E-state index in [4.69, 9.17) is 16.9 Å². The fourth-order valence-corrected chi connectivity index (χ4v) is 3.01. The summed E-state index contributed by atoms with van der Waals surface area (Å²) < 4.78 is 24.9. The van der Waals surface area contributed by atoms with Gasteiger partial charge < -0.3 is 0 Å². The lowest BCUT2D eigenvalue weighted by Crippen LogP contribution is -2.03. The molecule has 2 aromatic carbocycles. The summed E-state index contributed by atoms with van der Waals surface area (Å²) in [6.45, 7) is 1.87. The third-order valence-electron chi connectivity index (χ3n) is 2.90. The minimum absolute atomic E-state index is 0.106. The molecule has 2 aromatic rings. The molecule has 0 atom stereocenters. The van der Waals surface area contributed by atoms with Gasteiger partial charge in [0, 0.05) is 5.02 Å². The molecule has 0 aliphatic heterocycles. The summed E-state index contributed by atoms with van der Waals surface area (Å²) in [5, 5.41) is 9.72. The van der Waals surface area contributed by atoms with Gasteiger partial charge in [0.25, 0.3) is 0 Å². The number of allylic oxidation sites excluding steroid dienone is 1. The number of aryl methyl sites for hydroxylation is 1. The van der Waals surface area contributed by atoms with Crippen molar-refractivity contribution in [1.82, 2.24) is 0 Å². The summed E-state index contributed by atoms with van der Waals surface area (Å²) in [5.41, 5.74) is 1.56. The third kappa shape index (κ3) is 3.52. The molecule has 0 saturated carbocycles. The fourth-order valence-electron chi connectivity index (χ4n) is 1.72. The molecule has 3 nitrogen and oxygen atoms in total. The molecule has 0 fully saturated rings. The van der Waals surface area contributed by atoms with Crippen molar-refractivity contribution in [3.63, 3.8) is 0 Å². The average Bonchev–Trinajstić information content (AvgIpc) is 2.47. The lowest BCUT2D eigenvalue weighted by molar-refractivity contribution is 0.603. The van der Waals surface area contributed by atoms with Crippen LogP contribution in [0.15, 0.2) is 58.3 Å². The SMILES string of the molecule is Cc1ccc(S(=O)(=O)C(C#N)=Cc2ccc(Cl)cc2)cc1. The van der Waals surface area contributed by atoms with Crippen molar-refractivity contribution >= 4 is 27.5 Å². The lowest BCUT2D eigenvalue weighted by Gasteiger charge is -2.04. The summed E-state index contributed by atoms with van der Waals surface area (Å²) in [6.07, 6.45) is 1.34. The molecule has 21 heavy (non-hydrogen) atoms. The van der Waals surface area contributed by atoms with Crippen LogP contribution in [0.3, 0.4) is 0 Å². The number of rotatable bonds is 3. The highest BCUT2D eigenvalue weighted by Crippen LogP contribution is 2.22. The van der Waals surface area contributed by atoms with Gasteiger partial charge in [-0.2, -0.15) is 5.26 Å². The van der Waals surface area contributed by atoms with Crippen LogP contribution in [0.5, 0.6) is 0 Å². The Bertz CT molecular complexity index is 814. The van der Waals surface area contributed by atoms with Gasteiger partial charge in [-0.25, -0.2) is 8.42 Å². The minimum atomic E-state index is -3.81. The van der Waals surface area contributed by atoms with Crippen molar-refractivity contribution < 1.29 is 8.42 Å². The highest BCUT2D eigenvalue weighted by molar-refractivity contribution is 7.95. The minimum Gasteiger partial charge on any atom is -0.218 e. The first-order valence-corrected chi connectivity index (χ1v) is 7.99. The van der Waals surface area contributed by atoms with Gasteiger partial charge in [-0.3, -0.25) is 0 Å². The summed E-state index contributed by atoms with van der Waals surface area (Å²) in [7, 11) is -3.81. The summed E-state index contributed by atoms with van der Waals surface area (Å²) in [5.74, 6) is 0. The zero-order valence-corrected chi connectivity index (χ0v) is 12.8. The number of nitrogens with zero attached hydrogens (tertiary/aromatic N) is 1. The van der Waals surface area contributed by atoms with Gasteiger partial charge in [0.2, 0.25) is 9.84 Å². The Morgan fingerprint density at radius 3 is 2.19 bits per heavy atom. The lowest BCUT2D eigenvalue weighted by atomic mass is 10.2. The van der Waals surface area contributed by atoms with Crippen LogP contribution in [0.25, 0.3) is 6.08 Å². The molecule has 0 spiro atoms. The number of sulfone groups is 1. The zero-order valence-electron chi connectivity index (χ0n) is 11.2. The van der Waals surface area contributed by atoms with Gasteiger partial charge >= 0.3 is 0 Å². The Hall–Kier alpha value is -2.09. The predicted molar refractivity (Wildman–Crippen MR) is 83.4 cm³/mol. The van der Waals surface area contributed by atoms with Crippen LogP contribution in [0.4, 0.5) is 0 Å². The zero-order chi connectivity index (χ0) is 15.5. The number of hydrogen-bond acceptors (Lipinski definition) is 3. The second-order valence-electron chi connectivity index (χ2n) is 4.49. The number of halogens is 1. The molecule has 106 valence electrons. The second-order valence-corrected chi connectivity index (χ2v) is 6.84. The van der Waals surface area contributed by atoms with Crippen molar-refractivity contribution in [2.45, 2.75) is 11.8 Å². The molecule has 0 aromatic heterocycles. The Morgan fingerprint density at radius 1 is 1.10 bits per heavy atom. The van der Waals surface area contributed by atoms with Crippen molar-refractivity contribution in [2.75, 3.05) is 0 Å². The average molecular weight is 318 g/mol. The van der Waals surface area contributed by atoms with E-state index in [-0.39, 0.29) is 9.80 Å². The normalized spacial score (nSPS) is 12.0. The number of nitriles is 1. The van der Waals surface area contributed by atoms with Gasteiger partial charge in [-0.05, 0) is 42.8 Å². The van der Waals surface area contributed by atoms with E-state index in [0.717, 1.165) is 5.56 Å². The smallest absolute Gasteiger partial charge is 0.216 e. The van der Waals surface area contributed by atoms with E-state index in [9.17, 15) is 8.42 Å². The molecule has 2 rings (SSSR count). The highest BCUT2D eigenvalue weighted by atomic mass is 35.5. The topological polar surface area (TPSA) is 57.9 Å². The van der Waals surface area contributed by atoms with Crippen molar-refractivity contribution in [1.29, 1.82) is 5.26 Å². The Morgan fingerprint density at radius 2 is 1.67 bits per heavy atom. The van der Waals surface area contributed by atoms with Crippen LogP contribution in [-0.2, 0) is 9.84 Å². The maximum Gasteiger partial charge on any atom is 0.216 e. The molecular formula is C16H12ClNO2S. The first-order valence-electron chi connectivity index (χ1n) is 6.12. The summed E-state index contributed by atoms with van der Waals surface area (Å²) in [6, 6.07) is 14.7. The van der Waals surface area contributed by atoms with E-state index in [1.165, 1.54) is 18.2 Å². The first kappa shape index (κ1) is 15.3. The standard InChI is InChI=1S/C16H12ClNO2S/c1-12-2-8-15(9-3-12)21(19,20)16(11-18)10-13-4-6-14(17)7-5-13/h2-10H,1H3. The highest BCUT2D eigenvalue weighted by Gasteiger charge is 2.20. The number of hydrogen-bond donors (Lipinski definition) is 0. The molecule has 0 aliphatic rings. The van der Waals surface area contributed by atoms with Crippen molar-refractivity contribution in [3.8, 4) is 6.07 Å². The van der Waals surface area contributed by atoms with Crippen LogP contribution in [0.1, 0.15) is 11.1 Å². The van der Waals surface area contributed by atoms with E-state index in [2.05, 4.69) is 0 Å². The van der Waals surface area contributed by atoms with Gasteiger partial charge in [-0.15, -0.1) is 0 Å². The van der Waals surface area contributed by atoms with E-state index in [1.54, 1.807) is 42.5 Å². The molecule has 0 heterocycles. The van der Waals surface area contributed by atoms with Crippen LogP contribution in [0, 0.1) is 18.3 Å². The molecule has 0 bridgehead atoms. The molecule has 5 heteroatoms. The van der Waals surface area contributed by atoms with Crippen LogP contribution in [-0.4, -0.2) is 8.42 Å². The maximum absolute atomic E-state index is 12.4. The van der Waals surface area contributed by atoms with E-state index in [1.807, 2.05) is 6.92 Å². The second kappa shape index (κ2) is 6.13. The van der Waals surface area contributed by atoms with E-state index < -0.39 is 9.84 Å². The number of benzene rings is 2. The first-order chi connectivity index (χ1) is 9.93. The Labute approximate surface area is 129 Å². The van der Waals surface area contributed by atoms with Crippen LogP contribution >= 0.6 is 11.6 Å². The Balaban J connectivity index is 2.47. The van der Waals surface area contributed by atoms with Gasteiger partial charge in [0.05, 0.1) is 4.90 Å². The fraction of sp³-hybridized carbons (Fsp3) is 0.0625. The van der Waals surface area contributed by atoms with Gasteiger partial charge in [0.15, 0.2) is 0 Å². The molecule has 0 amide bonds. The molecular weight excluding hydrogens is 306 g/mol. The molecule has 0 saturated heterocycles. The largest absolute Gasteiger partial charge is 0.218 e. The molecule has 0 N–H and O–H groups in total. The van der Waals surface area contributed by atoms with Crippen molar-refractivity contribution in [3.05, 3.63) is 69.6 Å². The Kier molecular flexibility index (Phi) is 4.46. The van der Waals surface area contributed by atoms with E-state index in [0.29, 0.717) is 10.6 Å². The van der Waals surface area contributed by atoms with Crippen LogP contribution < -0.4 is 0 Å².